The fourth-order valence-corrected chi connectivity index (χ4v) is 3.94. The summed E-state index contributed by atoms with van der Waals surface area (Å²) in [5.74, 6) is 0.868. The van der Waals surface area contributed by atoms with Gasteiger partial charge in [-0.15, -0.1) is 11.3 Å². The molecule has 0 saturated heterocycles. The molecule has 0 bridgehead atoms. The fraction of sp³-hybridized carbons (Fsp3) is 0.438. The number of nitrogens with zero attached hydrogens (tertiary/aromatic N) is 1. The SMILES string of the molecule is COc1ccc(-c2nc(C3(N)CCCC3)sc2C)cc1. The average Bonchev–Trinajstić information content (AvgIpc) is 3.06. The van der Waals surface area contributed by atoms with E-state index >= 15 is 0 Å². The number of hydrogen-bond acceptors (Lipinski definition) is 4. The lowest BCUT2D eigenvalue weighted by Gasteiger charge is -2.19. The third-order valence-corrected chi connectivity index (χ3v) is 5.27. The summed E-state index contributed by atoms with van der Waals surface area (Å²) < 4.78 is 5.20. The van der Waals surface area contributed by atoms with Crippen molar-refractivity contribution in [2.24, 2.45) is 5.73 Å². The van der Waals surface area contributed by atoms with Crippen LogP contribution in [0.3, 0.4) is 0 Å². The molecule has 3 rings (SSSR count). The Hall–Kier alpha value is -1.39. The molecule has 0 atom stereocenters. The minimum atomic E-state index is -0.194. The Balaban J connectivity index is 1.95. The van der Waals surface area contributed by atoms with E-state index in [9.17, 15) is 0 Å². The van der Waals surface area contributed by atoms with E-state index in [0.717, 1.165) is 34.9 Å². The molecule has 1 saturated carbocycles. The molecule has 0 aliphatic heterocycles. The number of ether oxygens (including phenoxy) is 1. The van der Waals surface area contributed by atoms with Crippen LogP contribution in [-0.4, -0.2) is 12.1 Å². The molecule has 4 heteroatoms. The van der Waals surface area contributed by atoms with Gasteiger partial charge in [0.15, 0.2) is 0 Å². The molecule has 1 fully saturated rings. The Morgan fingerprint density at radius 3 is 2.45 bits per heavy atom. The van der Waals surface area contributed by atoms with Gasteiger partial charge in [-0.05, 0) is 44.0 Å². The van der Waals surface area contributed by atoms with Gasteiger partial charge in [-0.3, -0.25) is 0 Å². The van der Waals surface area contributed by atoms with E-state index in [1.807, 2.05) is 12.1 Å². The van der Waals surface area contributed by atoms with E-state index in [-0.39, 0.29) is 5.54 Å². The zero-order chi connectivity index (χ0) is 14.2. The van der Waals surface area contributed by atoms with Gasteiger partial charge in [0, 0.05) is 10.4 Å². The van der Waals surface area contributed by atoms with Gasteiger partial charge >= 0.3 is 0 Å². The van der Waals surface area contributed by atoms with Gasteiger partial charge < -0.3 is 10.5 Å². The number of aryl methyl sites for hydroxylation is 1. The smallest absolute Gasteiger partial charge is 0.118 e. The van der Waals surface area contributed by atoms with E-state index in [2.05, 4.69) is 19.1 Å². The van der Waals surface area contributed by atoms with Crippen LogP contribution < -0.4 is 10.5 Å². The van der Waals surface area contributed by atoms with Crippen LogP contribution in [0.5, 0.6) is 5.75 Å². The number of aromatic nitrogens is 1. The molecule has 1 aromatic carbocycles. The zero-order valence-electron chi connectivity index (χ0n) is 12.0. The molecule has 106 valence electrons. The van der Waals surface area contributed by atoms with Gasteiger partial charge in [-0.25, -0.2) is 4.98 Å². The van der Waals surface area contributed by atoms with E-state index in [1.54, 1.807) is 18.4 Å². The van der Waals surface area contributed by atoms with Crippen molar-refractivity contribution in [3.05, 3.63) is 34.2 Å². The minimum absolute atomic E-state index is 0.194. The maximum Gasteiger partial charge on any atom is 0.118 e. The van der Waals surface area contributed by atoms with Crippen molar-refractivity contribution < 1.29 is 4.74 Å². The topological polar surface area (TPSA) is 48.1 Å². The molecular formula is C16H20N2OS. The largest absolute Gasteiger partial charge is 0.497 e. The first-order valence-electron chi connectivity index (χ1n) is 7.03. The summed E-state index contributed by atoms with van der Waals surface area (Å²) in [6.07, 6.45) is 4.55. The number of rotatable bonds is 3. The normalized spacial score (nSPS) is 17.4. The molecule has 1 aliphatic carbocycles. The van der Waals surface area contributed by atoms with Crippen molar-refractivity contribution in [2.75, 3.05) is 7.11 Å². The number of benzene rings is 1. The van der Waals surface area contributed by atoms with Crippen LogP contribution in [-0.2, 0) is 5.54 Å². The summed E-state index contributed by atoms with van der Waals surface area (Å²) in [4.78, 5) is 6.08. The lowest BCUT2D eigenvalue weighted by atomic mass is 10.0. The first-order valence-corrected chi connectivity index (χ1v) is 7.85. The number of nitrogens with two attached hydrogens (primary N) is 1. The fourth-order valence-electron chi connectivity index (χ4n) is 2.85. The maximum atomic E-state index is 6.51. The van der Waals surface area contributed by atoms with Gasteiger partial charge in [0.1, 0.15) is 10.8 Å². The molecule has 0 radical (unpaired) electrons. The van der Waals surface area contributed by atoms with Crippen LogP contribution in [0, 0.1) is 6.92 Å². The molecule has 3 nitrogen and oxygen atoms in total. The zero-order valence-corrected chi connectivity index (χ0v) is 12.8. The summed E-state index contributed by atoms with van der Waals surface area (Å²) in [7, 11) is 1.68. The van der Waals surface area contributed by atoms with Gasteiger partial charge in [0.25, 0.3) is 0 Å². The molecule has 1 aliphatic rings. The van der Waals surface area contributed by atoms with Crippen LogP contribution >= 0.6 is 11.3 Å². The number of hydrogen-bond donors (Lipinski definition) is 1. The van der Waals surface area contributed by atoms with Crippen LogP contribution in [0.1, 0.15) is 35.6 Å². The highest BCUT2D eigenvalue weighted by molar-refractivity contribution is 7.12. The number of thiazole rings is 1. The predicted molar refractivity (Wildman–Crippen MR) is 83.2 cm³/mol. The summed E-state index contributed by atoms with van der Waals surface area (Å²) >= 11 is 1.75. The maximum absolute atomic E-state index is 6.51. The van der Waals surface area contributed by atoms with Crippen LogP contribution in [0.2, 0.25) is 0 Å². The number of methoxy groups -OCH3 is 1. The first-order chi connectivity index (χ1) is 9.62. The average molecular weight is 288 g/mol. The highest BCUT2D eigenvalue weighted by Crippen LogP contribution is 2.40. The van der Waals surface area contributed by atoms with Crippen LogP contribution in [0.25, 0.3) is 11.3 Å². The van der Waals surface area contributed by atoms with Gasteiger partial charge in [0.05, 0.1) is 18.3 Å². The summed E-state index contributed by atoms with van der Waals surface area (Å²) in [5.41, 5.74) is 8.51. The monoisotopic (exact) mass is 288 g/mol. The van der Waals surface area contributed by atoms with Crippen molar-refractivity contribution >= 4 is 11.3 Å². The summed E-state index contributed by atoms with van der Waals surface area (Å²) in [6.45, 7) is 2.12. The standard InChI is InChI=1S/C16H20N2OS/c1-11-14(12-5-7-13(19-2)8-6-12)18-15(20-11)16(17)9-3-4-10-16/h5-8H,3-4,9-10,17H2,1-2H3. The molecule has 0 unspecified atom stereocenters. The summed E-state index contributed by atoms with van der Waals surface area (Å²) in [6, 6.07) is 8.06. The molecular weight excluding hydrogens is 268 g/mol. The van der Waals surface area contributed by atoms with Gasteiger partial charge in [-0.2, -0.15) is 0 Å². The van der Waals surface area contributed by atoms with Crippen molar-refractivity contribution in [1.82, 2.24) is 4.98 Å². The van der Waals surface area contributed by atoms with E-state index in [4.69, 9.17) is 15.5 Å². The Morgan fingerprint density at radius 2 is 1.85 bits per heavy atom. The second-order valence-corrected chi connectivity index (χ2v) is 6.72. The summed E-state index contributed by atoms with van der Waals surface area (Å²) in [5, 5.41) is 1.10. The third kappa shape index (κ3) is 2.34. The molecule has 1 aromatic heterocycles. The lowest BCUT2D eigenvalue weighted by molar-refractivity contribution is 0.415. The van der Waals surface area contributed by atoms with Crippen molar-refractivity contribution in [3.63, 3.8) is 0 Å². The Labute approximate surface area is 123 Å². The predicted octanol–water partition coefficient (Wildman–Crippen LogP) is 3.86. The Bertz CT molecular complexity index is 597. The molecule has 0 amide bonds. The molecule has 2 N–H and O–H groups in total. The highest BCUT2D eigenvalue weighted by atomic mass is 32.1. The Kier molecular flexibility index (Phi) is 3.52. The van der Waals surface area contributed by atoms with Crippen molar-refractivity contribution in [1.29, 1.82) is 0 Å². The minimum Gasteiger partial charge on any atom is -0.497 e. The molecule has 1 heterocycles. The van der Waals surface area contributed by atoms with Crippen LogP contribution in [0.4, 0.5) is 0 Å². The van der Waals surface area contributed by atoms with E-state index in [1.165, 1.54) is 17.7 Å². The lowest BCUT2D eigenvalue weighted by Crippen LogP contribution is -2.32. The van der Waals surface area contributed by atoms with Gasteiger partial charge in [-0.1, -0.05) is 12.8 Å². The van der Waals surface area contributed by atoms with E-state index < -0.39 is 0 Å². The highest BCUT2D eigenvalue weighted by Gasteiger charge is 2.34. The van der Waals surface area contributed by atoms with Crippen LogP contribution in [0.15, 0.2) is 24.3 Å². The second-order valence-electron chi connectivity index (χ2n) is 5.52. The Morgan fingerprint density at radius 1 is 1.20 bits per heavy atom. The molecule has 2 aromatic rings. The quantitative estimate of drug-likeness (QED) is 0.933. The van der Waals surface area contributed by atoms with Crippen molar-refractivity contribution in [2.45, 2.75) is 38.1 Å². The second kappa shape index (κ2) is 5.19. The third-order valence-electron chi connectivity index (χ3n) is 4.08. The van der Waals surface area contributed by atoms with Gasteiger partial charge in [0.2, 0.25) is 0 Å². The first kappa shape index (κ1) is 13.6. The molecule has 0 spiro atoms. The van der Waals surface area contributed by atoms with Crippen molar-refractivity contribution in [3.8, 4) is 17.0 Å². The van der Waals surface area contributed by atoms with E-state index in [0.29, 0.717) is 0 Å². The molecule has 20 heavy (non-hydrogen) atoms.